The molecule has 1 heterocycles. The van der Waals surface area contributed by atoms with Crippen molar-refractivity contribution in [2.75, 3.05) is 19.3 Å². The highest BCUT2D eigenvalue weighted by Gasteiger charge is 2.19. The average molecular weight is 441 g/mol. The van der Waals surface area contributed by atoms with Gasteiger partial charge in [-0.05, 0) is 31.4 Å². The minimum atomic E-state index is -0.293. The Balaban J connectivity index is 1.95. The van der Waals surface area contributed by atoms with Gasteiger partial charge in [-0.15, -0.1) is 11.8 Å². The summed E-state index contributed by atoms with van der Waals surface area (Å²) in [4.78, 5) is 33.6. The van der Waals surface area contributed by atoms with Crippen LogP contribution in [0.1, 0.15) is 52.0 Å². The van der Waals surface area contributed by atoms with E-state index in [2.05, 4.69) is 20.6 Å². The number of aryl methyl sites for hydroxylation is 1. The molecule has 0 bridgehead atoms. The molecule has 0 aliphatic rings. The van der Waals surface area contributed by atoms with Crippen LogP contribution in [0.4, 0.5) is 0 Å². The summed E-state index contributed by atoms with van der Waals surface area (Å²) in [6, 6.07) is 4.65. The van der Waals surface area contributed by atoms with E-state index in [4.69, 9.17) is 23.2 Å². The first-order valence-corrected chi connectivity index (χ1v) is 10.7. The molecule has 0 spiro atoms. The SMILES string of the molecule is CSc1nc(C(C)C)nc(C)c1C(=O)NCCNC(=O)c1ccc(Cl)c(Cl)c1. The van der Waals surface area contributed by atoms with Gasteiger partial charge in [0.25, 0.3) is 11.8 Å². The molecule has 2 aromatic rings. The van der Waals surface area contributed by atoms with E-state index in [9.17, 15) is 9.59 Å². The summed E-state index contributed by atoms with van der Waals surface area (Å²) in [6.07, 6.45) is 1.88. The lowest BCUT2D eigenvalue weighted by molar-refractivity contribution is 0.0925. The van der Waals surface area contributed by atoms with Crippen LogP contribution in [0.2, 0.25) is 10.0 Å². The Hall–Kier alpha value is -1.83. The van der Waals surface area contributed by atoms with E-state index in [0.29, 0.717) is 37.7 Å². The number of nitrogens with zero attached hydrogens (tertiary/aromatic N) is 2. The number of hydrogen-bond donors (Lipinski definition) is 2. The van der Waals surface area contributed by atoms with Gasteiger partial charge in [-0.2, -0.15) is 0 Å². The van der Waals surface area contributed by atoms with E-state index in [-0.39, 0.29) is 30.8 Å². The van der Waals surface area contributed by atoms with Crippen molar-refractivity contribution in [1.29, 1.82) is 0 Å². The van der Waals surface area contributed by atoms with Crippen LogP contribution in [0, 0.1) is 6.92 Å². The van der Waals surface area contributed by atoms with Crippen molar-refractivity contribution in [2.45, 2.75) is 31.7 Å². The number of amides is 2. The molecule has 1 aromatic carbocycles. The topological polar surface area (TPSA) is 84.0 Å². The molecule has 9 heteroatoms. The molecule has 0 unspecified atom stereocenters. The number of hydrogen-bond acceptors (Lipinski definition) is 5. The van der Waals surface area contributed by atoms with Crippen LogP contribution in [-0.4, -0.2) is 41.1 Å². The molecule has 0 radical (unpaired) electrons. The number of halogens is 2. The predicted molar refractivity (Wildman–Crippen MR) is 114 cm³/mol. The van der Waals surface area contributed by atoms with Gasteiger partial charge in [0.1, 0.15) is 10.9 Å². The molecular weight excluding hydrogens is 419 g/mol. The van der Waals surface area contributed by atoms with Crippen LogP contribution in [0.3, 0.4) is 0 Å². The molecule has 2 amide bonds. The number of aromatic nitrogens is 2. The zero-order valence-electron chi connectivity index (χ0n) is 16.1. The molecule has 2 N–H and O–H groups in total. The summed E-state index contributed by atoms with van der Waals surface area (Å²) in [5.74, 6) is 0.338. The molecule has 0 aliphatic carbocycles. The Labute approximate surface area is 178 Å². The highest BCUT2D eigenvalue weighted by atomic mass is 35.5. The summed E-state index contributed by atoms with van der Waals surface area (Å²) < 4.78 is 0. The number of carbonyl (C=O) groups is 2. The average Bonchev–Trinajstić information content (AvgIpc) is 2.66. The summed E-state index contributed by atoms with van der Waals surface area (Å²) in [6.45, 7) is 6.35. The van der Waals surface area contributed by atoms with Crippen LogP contribution in [-0.2, 0) is 0 Å². The van der Waals surface area contributed by atoms with Gasteiger partial charge >= 0.3 is 0 Å². The zero-order chi connectivity index (χ0) is 20.8. The van der Waals surface area contributed by atoms with Crippen molar-refractivity contribution < 1.29 is 9.59 Å². The third-order valence-electron chi connectivity index (χ3n) is 3.89. The Bertz CT molecular complexity index is 890. The molecule has 0 atom stereocenters. The lowest BCUT2D eigenvalue weighted by atomic mass is 10.1. The first-order valence-electron chi connectivity index (χ1n) is 8.68. The van der Waals surface area contributed by atoms with Gasteiger partial charge in [0, 0.05) is 24.6 Å². The first kappa shape index (κ1) is 22.5. The number of thioether (sulfide) groups is 1. The second-order valence-electron chi connectivity index (χ2n) is 6.35. The first-order chi connectivity index (χ1) is 13.2. The van der Waals surface area contributed by atoms with Crippen LogP contribution < -0.4 is 10.6 Å². The highest BCUT2D eigenvalue weighted by molar-refractivity contribution is 7.98. The lowest BCUT2D eigenvalue weighted by Gasteiger charge is -2.13. The maximum atomic E-state index is 12.6. The van der Waals surface area contributed by atoms with Crippen LogP contribution in [0.15, 0.2) is 23.2 Å². The van der Waals surface area contributed by atoms with E-state index >= 15 is 0 Å². The number of rotatable bonds is 7. The normalized spacial score (nSPS) is 10.8. The van der Waals surface area contributed by atoms with Gasteiger partial charge in [-0.3, -0.25) is 9.59 Å². The third kappa shape index (κ3) is 5.59. The summed E-state index contributed by atoms with van der Waals surface area (Å²) in [7, 11) is 0. The van der Waals surface area contributed by atoms with E-state index < -0.39 is 0 Å². The van der Waals surface area contributed by atoms with E-state index in [1.807, 2.05) is 20.1 Å². The lowest BCUT2D eigenvalue weighted by Crippen LogP contribution is -2.35. The van der Waals surface area contributed by atoms with Gasteiger partial charge in [0.05, 0.1) is 21.3 Å². The quantitative estimate of drug-likeness (QED) is 0.384. The Morgan fingerprint density at radius 3 is 2.29 bits per heavy atom. The summed E-state index contributed by atoms with van der Waals surface area (Å²) in [5.41, 5.74) is 1.51. The van der Waals surface area contributed by atoms with Crippen LogP contribution in [0.25, 0.3) is 0 Å². The monoisotopic (exact) mass is 440 g/mol. The molecule has 0 saturated carbocycles. The third-order valence-corrected chi connectivity index (χ3v) is 5.31. The Morgan fingerprint density at radius 2 is 1.71 bits per heavy atom. The fourth-order valence-corrected chi connectivity index (χ4v) is 3.34. The fourth-order valence-electron chi connectivity index (χ4n) is 2.41. The smallest absolute Gasteiger partial charge is 0.255 e. The van der Waals surface area contributed by atoms with Crippen molar-refractivity contribution in [1.82, 2.24) is 20.6 Å². The molecule has 2 rings (SSSR count). The molecule has 6 nitrogen and oxygen atoms in total. The molecule has 28 heavy (non-hydrogen) atoms. The number of carbonyl (C=O) groups excluding carboxylic acids is 2. The summed E-state index contributed by atoms with van der Waals surface area (Å²) in [5, 5.41) is 6.87. The van der Waals surface area contributed by atoms with Crippen molar-refractivity contribution in [3.8, 4) is 0 Å². The molecule has 1 aromatic heterocycles. The second-order valence-corrected chi connectivity index (χ2v) is 7.96. The predicted octanol–water partition coefficient (Wildman–Crippen LogP) is 4.10. The number of benzene rings is 1. The Morgan fingerprint density at radius 1 is 1.07 bits per heavy atom. The molecule has 0 aliphatic heterocycles. The van der Waals surface area contributed by atoms with Crippen molar-refractivity contribution in [3.05, 3.63) is 50.9 Å². The molecule has 150 valence electrons. The van der Waals surface area contributed by atoms with Crippen molar-refractivity contribution in [2.24, 2.45) is 0 Å². The minimum Gasteiger partial charge on any atom is -0.350 e. The van der Waals surface area contributed by atoms with Crippen LogP contribution >= 0.6 is 35.0 Å². The van der Waals surface area contributed by atoms with Gasteiger partial charge in [0.15, 0.2) is 0 Å². The zero-order valence-corrected chi connectivity index (χ0v) is 18.4. The minimum absolute atomic E-state index is 0.179. The fraction of sp³-hybridized carbons (Fsp3) is 0.368. The van der Waals surface area contributed by atoms with E-state index in [0.717, 1.165) is 0 Å². The van der Waals surface area contributed by atoms with Gasteiger partial charge in [-0.1, -0.05) is 37.0 Å². The molecule has 0 fully saturated rings. The molecule has 0 saturated heterocycles. The highest BCUT2D eigenvalue weighted by Crippen LogP contribution is 2.23. The largest absolute Gasteiger partial charge is 0.350 e. The molecular formula is C19H22Cl2N4O2S. The number of nitrogens with one attached hydrogen (secondary N) is 2. The Kier molecular flexibility index (Phi) is 8.10. The summed E-state index contributed by atoms with van der Waals surface area (Å²) >= 11 is 13.2. The van der Waals surface area contributed by atoms with Gasteiger partial charge < -0.3 is 10.6 Å². The van der Waals surface area contributed by atoms with E-state index in [1.165, 1.54) is 17.8 Å². The maximum absolute atomic E-state index is 12.6. The van der Waals surface area contributed by atoms with Gasteiger partial charge in [-0.25, -0.2) is 9.97 Å². The van der Waals surface area contributed by atoms with Gasteiger partial charge in [0.2, 0.25) is 0 Å². The van der Waals surface area contributed by atoms with Crippen molar-refractivity contribution >= 4 is 46.8 Å². The maximum Gasteiger partial charge on any atom is 0.255 e. The standard InChI is InChI=1S/C19H22Cl2N4O2S/c1-10(2)16-24-11(3)15(19(25-16)28-4)18(27)23-8-7-22-17(26)12-5-6-13(20)14(21)9-12/h5-6,9-10H,7-8H2,1-4H3,(H,22,26)(H,23,27). The van der Waals surface area contributed by atoms with Crippen molar-refractivity contribution in [3.63, 3.8) is 0 Å². The van der Waals surface area contributed by atoms with E-state index in [1.54, 1.807) is 19.1 Å². The second kappa shape index (κ2) is 10.1. The van der Waals surface area contributed by atoms with Crippen LogP contribution in [0.5, 0.6) is 0 Å².